The lowest BCUT2D eigenvalue weighted by Crippen LogP contribution is -2.21. The van der Waals surface area contributed by atoms with E-state index in [1.165, 1.54) is 0 Å². The van der Waals surface area contributed by atoms with Crippen molar-refractivity contribution >= 4 is 0 Å². The van der Waals surface area contributed by atoms with Crippen LogP contribution in [0.4, 0.5) is 0 Å². The highest BCUT2D eigenvalue weighted by atomic mass is 16.5. The second-order valence-corrected chi connectivity index (χ2v) is 4.99. The van der Waals surface area contributed by atoms with Crippen LogP contribution in [0.5, 0.6) is 0 Å². The quantitative estimate of drug-likeness (QED) is 0.808. The monoisotopic (exact) mass is 237 g/mol. The standard InChI is InChI=1S/C12H19N3O2/c1-6-7-8(13)11-14-10(15-17-11)9(16-5)12(2,3)4/h1,8-9H,7,13H2,2-5H3. The molecule has 94 valence electrons. The van der Waals surface area contributed by atoms with Crippen LogP contribution in [-0.4, -0.2) is 17.3 Å². The van der Waals surface area contributed by atoms with Gasteiger partial charge in [-0.25, -0.2) is 0 Å². The molecule has 1 heterocycles. The van der Waals surface area contributed by atoms with Crippen LogP contribution >= 0.6 is 0 Å². The van der Waals surface area contributed by atoms with Gasteiger partial charge in [0.15, 0.2) is 0 Å². The summed E-state index contributed by atoms with van der Waals surface area (Å²) in [6, 6.07) is -0.418. The molecule has 0 aliphatic rings. The Labute approximate surface area is 102 Å². The molecule has 1 aromatic heterocycles. The van der Waals surface area contributed by atoms with Crippen molar-refractivity contribution in [3.05, 3.63) is 11.7 Å². The fourth-order valence-electron chi connectivity index (χ4n) is 1.56. The molecule has 0 saturated heterocycles. The number of methoxy groups -OCH3 is 1. The number of nitrogens with zero attached hydrogens (tertiary/aromatic N) is 2. The number of nitrogens with two attached hydrogens (primary N) is 1. The van der Waals surface area contributed by atoms with Crippen LogP contribution in [0.1, 0.15) is 51.1 Å². The summed E-state index contributed by atoms with van der Waals surface area (Å²) in [5.74, 6) is 3.32. The Morgan fingerprint density at radius 1 is 1.53 bits per heavy atom. The predicted molar refractivity (Wildman–Crippen MR) is 63.9 cm³/mol. The normalized spacial score (nSPS) is 15.3. The molecular formula is C12H19N3O2. The molecule has 0 amide bonds. The molecule has 0 fully saturated rings. The van der Waals surface area contributed by atoms with E-state index in [9.17, 15) is 0 Å². The first-order valence-corrected chi connectivity index (χ1v) is 5.45. The van der Waals surface area contributed by atoms with Gasteiger partial charge in [-0.3, -0.25) is 0 Å². The second-order valence-electron chi connectivity index (χ2n) is 4.99. The lowest BCUT2D eigenvalue weighted by molar-refractivity contribution is 0.00718. The van der Waals surface area contributed by atoms with Crippen LogP contribution < -0.4 is 5.73 Å². The van der Waals surface area contributed by atoms with Crippen molar-refractivity contribution in [2.24, 2.45) is 11.1 Å². The van der Waals surface area contributed by atoms with E-state index >= 15 is 0 Å². The van der Waals surface area contributed by atoms with E-state index in [2.05, 4.69) is 16.1 Å². The van der Waals surface area contributed by atoms with Crippen LogP contribution in [0.25, 0.3) is 0 Å². The van der Waals surface area contributed by atoms with Crippen molar-refractivity contribution in [1.29, 1.82) is 0 Å². The van der Waals surface area contributed by atoms with Gasteiger partial charge in [0, 0.05) is 13.5 Å². The molecule has 2 atom stereocenters. The molecule has 5 nitrogen and oxygen atoms in total. The Morgan fingerprint density at radius 3 is 2.65 bits per heavy atom. The van der Waals surface area contributed by atoms with Gasteiger partial charge in [-0.1, -0.05) is 25.9 Å². The molecule has 2 N–H and O–H groups in total. The van der Waals surface area contributed by atoms with Gasteiger partial charge in [0.25, 0.3) is 0 Å². The Hall–Kier alpha value is -1.38. The highest BCUT2D eigenvalue weighted by Gasteiger charge is 2.31. The summed E-state index contributed by atoms with van der Waals surface area (Å²) in [5, 5.41) is 3.90. The number of hydrogen-bond acceptors (Lipinski definition) is 5. The maximum Gasteiger partial charge on any atom is 0.244 e. The lowest BCUT2D eigenvalue weighted by atomic mass is 9.88. The fourth-order valence-corrected chi connectivity index (χ4v) is 1.56. The van der Waals surface area contributed by atoms with E-state index < -0.39 is 6.04 Å². The topological polar surface area (TPSA) is 74.2 Å². The zero-order valence-electron chi connectivity index (χ0n) is 10.7. The molecule has 1 aromatic rings. The maximum atomic E-state index is 5.79. The first kappa shape index (κ1) is 13.7. The molecule has 0 radical (unpaired) electrons. The Morgan fingerprint density at radius 2 is 2.18 bits per heavy atom. The van der Waals surface area contributed by atoms with E-state index in [1.807, 2.05) is 20.8 Å². The number of ether oxygens (including phenoxy) is 1. The first-order chi connectivity index (χ1) is 7.90. The third kappa shape index (κ3) is 3.29. The van der Waals surface area contributed by atoms with E-state index in [0.29, 0.717) is 18.1 Å². The fraction of sp³-hybridized carbons (Fsp3) is 0.667. The van der Waals surface area contributed by atoms with Gasteiger partial charge in [-0.2, -0.15) is 4.98 Å². The molecular weight excluding hydrogens is 218 g/mol. The van der Waals surface area contributed by atoms with Crippen LogP contribution in [0.3, 0.4) is 0 Å². The maximum absolute atomic E-state index is 5.79. The zero-order chi connectivity index (χ0) is 13.1. The summed E-state index contributed by atoms with van der Waals surface area (Å²) in [6.45, 7) is 6.12. The average molecular weight is 237 g/mol. The summed E-state index contributed by atoms with van der Waals surface area (Å²) in [4.78, 5) is 4.24. The predicted octanol–water partition coefficient (Wildman–Crippen LogP) is 1.83. The number of hydrogen-bond donors (Lipinski definition) is 1. The van der Waals surface area contributed by atoms with Gasteiger partial charge in [0.05, 0.1) is 6.04 Å². The minimum Gasteiger partial charge on any atom is -0.373 e. The van der Waals surface area contributed by atoms with Crippen molar-refractivity contribution in [3.8, 4) is 12.3 Å². The van der Waals surface area contributed by atoms with Gasteiger partial charge in [-0.15, -0.1) is 12.3 Å². The molecule has 0 saturated carbocycles. The summed E-state index contributed by atoms with van der Waals surface area (Å²) in [6.07, 6.45) is 5.32. The molecule has 0 aromatic carbocycles. The third-order valence-electron chi connectivity index (χ3n) is 2.37. The smallest absolute Gasteiger partial charge is 0.244 e. The van der Waals surface area contributed by atoms with Crippen LogP contribution in [0, 0.1) is 17.8 Å². The summed E-state index contributed by atoms with van der Waals surface area (Å²) in [7, 11) is 1.62. The van der Waals surface area contributed by atoms with Gasteiger partial charge in [0.1, 0.15) is 6.10 Å². The van der Waals surface area contributed by atoms with E-state index in [-0.39, 0.29) is 11.5 Å². The first-order valence-electron chi connectivity index (χ1n) is 5.45. The van der Waals surface area contributed by atoms with Crippen LogP contribution in [-0.2, 0) is 4.74 Å². The molecule has 1 rings (SSSR count). The number of terminal acetylenes is 1. The van der Waals surface area contributed by atoms with E-state index in [0.717, 1.165) is 0 Å². The highest BCUT2D eigenvalue weighted by molar-refractivity contribution is 5.01. The van der Waals surface area contributed by atoms with Gasteiger partial charge >= 0.3 is 0 Å². The van der Waals surface area contributed by atoms with Crippen molar-refractivity contribution in [2.45, 2.75) is 39.3 Å². The molecule has 0 aliphatic carbocycles. The minimum absolute atomic E-state index is 0.119. The van der Waals surface area contributed by atoms with Crippen molar-refractivity contribution in [1.82, 2.24) is 10.1 Å². The molecule has 5 heteroatoms. The van der Waals surface area contributed by atoms with Gasteiger partial charge < -0.3 is 15.0 Å². The van der Waals surface area contributed by atoms with Crippen molar-refractivity contribution in [3.63, 3.8) is 0 Å². The zero-order valence-corrected chi connectivity index (χ0v) is 10.7. The molecule has 0 spiro atoms. The summed E-state index contributed by atoms with van der Waals surface area (Å²) < 4.78 is 10.5. The average Bonchev–Trinajstić information content (AvgIpc) is 2.66. The van der Waals surface area contributed by atoms with Crippen molar-refractivity contribution in [2.75, 3.05) is 7.11 Å². The molecule has 0 aliphatic heterocycles. The lowest BCUT2D eigenvalue weighted by Gasteiger charge is -2.26. The Balaban J connectivity index is 2.90. The Bertz CT molecular complexity index is 401. The third-order valence-corrected chi connectivity index (χ3v) is 2.37. The van der Waals surface area contributed by atoms with E-state index in [4.69, 9.17) is 21.4 Å². The largest absolute Gasteiger partial charge is 0.373 e. The number of rotatable bonds is 4. The molecule has 0 bridgehead atoms. The summed E-state index contributed by atoms with van der Waals surface area (Å²) >= 11 is 0. The molecule has 2 unspecified atom stereocenters. The molecule has 17 heavy (non-hydrogen) atoms. The van der Waals surface area contributed by atoms with E-state index in [1.54, 1.807) is 7.11 Å². The second kappa shape index (κ2) is 5.30. The number of aromatic nitrogens is 2. The Kier molecular flexibility index (Phi) is 4.27. The minimum atomic E-state index is -0.418. The van der Waals surface area contributed by atoms with Gasteiger partial charge in [-0.05, 0) is 5.41 Å². The van der Waals surface area contributed by atoms with Crippen LogP contribution in [0.15, 0.2) is 4.52 Å². The van der Waals surface area contributed by atoms with Crippen molar-refractivity contribution < 1.29 is 9.26 Å². The summed E-state index contributed by atoms with van der Waals surface area (Å²) in [5.41, 5.74) is 5.67. The van der Waals surface area contributed by atoms with Crippen LogP contribution in [0.2, 0.25) is 0 Å². The SMILES string of the molecule is C#CCC(N)c1nc(C(OC)C(C)(C)C)no1. The van der Waals surface area contributed by atoms with Gasteiger partial charge in [0.2, 0.25) is 11.7 Å². The highest BCUT2D eigenvalue weighted by Crippen LogP contribution is 2.34.